The molecule has 2 aromatic heterocycles. The number of carbonyl (C=O) groups is 2. The van der Waals surface area contributed by atoms with Crippen molar-refractivity contribution in [1.29, 1.82) is 0 Å². The summed E-state index contributed by atoms with van der Waals surface area (Å²) < 4.78 is 48.4. The van der Waals surface area contributed by atoms with Crippen LogP contribution in [0.1, 0.15) is 53.5 Å². The molecular formula is C29H27BrF3N5O3. The van der Waals surface area contributed by atoms with Gasteiger partial charge in [0.05, 0.1) is 11.3 Å². The lowest BCUT2D eigenvalue weighted by molar-refractivity contribution is -0.141. The fourth-order valence-electron chi connectivity index (χ4n) is 4.93. The molecule has 0 unspecified atom stereocenters. The third-order valence-electron chi connectivity index (χ3n) is 7.04. The normalized spacial score (nSPS) is 17.3. The molecule has 0 aliphatic heterocycles. The van der Waals surface area contributed by atoms with E-state index >= 15 is 0 Å². The van der Waals surface area contributed by atoms with Gasteiger partial charge in [-0.1, -0.05) is 48.5 Å². The van der Waals surface area contributed by atoms with Crippen LogP contribution in [0.15, 0.2) is 75.9 Å². The average molecular weight is 630 g/mol. The third-order valence-corrected chi connectivity index (χ3v) is 7.58. The van der Waals surface area contributed by atoms with Gasteiger partial charge in [-0.3, -0.25) is 9.59 Å². The van der Waals surface area contributed by atoms with Gasteiger partial charge in [0.1, 0.15) is 0 Å². The van der Waals surface area contributed by atoms with Crippen LogP contribution < -0.4 is 10.6 Å². The standard InChI is InChI=1S/C29H27BrF3N5O3/c30-25-23(18-7-3-1-4-8-18)41-28(36-25)20-13-11-19(12-14-20)26(39)34-15-16-35-27(40)22-17-38(21-9-5-2-6-10-21)37-24(22)29(31,32)33/h1-10,17,19-20H,11-16H2,(H,34,39)(H,35,40). The highest BCUT2D eigenvalue weighted by Crippen LogP contribution is 2.39. The first-order valence-electron chi connectivity index (χ1n) is 13.2. The molecule has 0 saturated heterocycles. The summed E-state index contributed by atoms with van der Waals surface area (Å²) in [7, 11) is 0. The van der Waals surface area contributed by atoms with Crippen molar-refractivity contribution in [1.82, 2.24) is 25.4 Å². The summed E-state index contributed by atoms with van der Waals surface area (Å²) in [5, 5.41) is 8.82. The van der Waals surface area contributed by atoms with E-state index in [0.29, 0.717) is 34.8 Å². The minimum atomic E-state index is -4.80. The van der Waals surface area contributed by atoms with Crippen LogP contribution in [0, 0.1) is 5.92 Å². The topological polar surface area (TPSA) is 102 Å². The molecule has 41 heavy (non-hydrogen) atoms. The summed E-state index contributed by atoms with van der Waals surface area (Å²) >= 11 is 3.48. The highest BCUT2D eigenvalue weighted by molar-refractivity contribution is 9.10. The number of amides is 2. The number of hydrogen-bond donors (Lipinski definition) is 2. The predicted octanol–water partition coefficient (Wildman–Crippen LogP) is 6.13. The van der Waals surface area contributed by atoms with Crippen molar-refractivity contribution in [3.8, 4) is 17.0 Å². The summed E-state index contributed by atoms with van der Waals surface area (Å²) in [6, 6.07) is 17.9. The van der Waals surface area contributed by atoms with E-state index in [9.17, 15) is 22.8 Å². The van der Waals surface area contributed by atoms with E-state index in [0.717, 1.165) is 29.3 Å². The maximum Gasteiger partial charge on any atom is 0.435 e. The van der Waals surface area contributed by atoms with E-state index in [1.54, 1.807) is 30.3 Å². The average Bonchev–Trinajstić information content (AvgIpc) is 3.61. The van der Waals surface area contributed by atoms with Crippen molar-refractivity contribution < 1.29 is 27.2 Å². The molecule has 1 aliphatic rings. The van der Waals surface area contributed by atoms with Crippen molar-refractivity contribution in [3.63, 3.8) is 0 Å². The molecule has 2 amide bonds. The zero-order chi connectivity index (χ0) is 29.0. The number of rotatable bonds is 8. The molecule has 0 radical (unpaired) electrons. The third kappa shape index (κ3) is 6.70. The molecule has 214 valence electrons. The molecule has 12 heteroatoms. The van der Waals surface area contributed by atoms with Gasteiger partial charge in [0.15, 0.2) is 21.9 Å². The molecular weight excluding hydrogens is 603 g/mol. The number of oxazole rings is 1. The van der Waals surface area contributed by atoms with Gasteiger partial charge in [-0.05, 0) is 53.7 Å². The van der Waals surface area contributed by atoms with Crippen LogP contribution >= 0.6 is 15.9 Å². The van der Waals surface area contributed by atoms with Crippen molar-refractivity contribution in [2.45, 2.75) is 37.8 Å². The number of nitrogens with one attached hydrogen (secondary N) is 2. The van der Waals surface area contributed by atoms with Gasteiger partial charge in [-0.15, -0.1) is 0 Å². The monoisotopic (exact) mass is 629 g/mol. The largest absolute Gasteiger partial charge is 0.439 e. The van der Waals surface area contributed by atoms with Gasteiger partial charge >= 0.3 is 6.18 Å². The molecule has 1 fully saturated rings. The molecule has 8 nitrogen and oxygen atoms in total. The second-order valence-corrected chi connectivity index (χ2v) is 10.6. The Morgan fingerprint density at radius 1 is 0.951 bits per heavy atom. The van der Waals surface area contributed by atoms with E-state index in [1.807, 2.05) is 30.3 Å². The molecule has 2 aromatic carbocycles. The lowest BCUT2D eigenvalue weighted by Gasteiger charge is -2.26. The molecule has 4 aromatic rings. The minimum absolute atomic E-state index is 0.0274. The first-order valence-corrected chi connectivity index (χ1v) is 14.0. The van der Waals surface area contributed by atoms with E-state index in [-0.39, 0.29) is 30.8 Å². The fraction of sp³-hybridized carbons (Fsp3) is 0.310. The first-order chi connectivity index (χ1) is 19.7. The Morgan fingerprint density at radius 2 is 1.59 bits per heavy atom. The summed E-state index contributed by atoms with van der Waals surface area (Å²) in [4.78, 5) is 29.9. The second-order valence-electron chi connectivity index (χ2n) is 9.80. The van der Waals surface area contributed by atoms with Gasteiger partial charge < -0.3 is 15.1 Å². The molecule has 2 N–H and O–H groups in total. The number of nitrogens with zero attached hydrogens (tertiary/aromatic N) is 3. The van der Waals surface area contributed by atoms with Crippen LogP contribution in [-0.4, -0.2) is 39.7 Å². The highest BCUT2D eigenvalue weighted by atomic mass is 79.9. The Morgan fingerprint density at radius 3 is 2.24 bits per heavy atom. The van der Waals surface area contributed by atoms with Crippen LogP contribution in [0.2, 0.25) is 0 Å². The van der Waals surface area contributed by atoms with Crippen LogP contribution in [0.4, 0.5) is 13.2 Å². The molecule has 0 spiro atoms. The van der Waals surface area contributed by atoms with E-state index < -0.39 is 23.3 Å². The van der Waals surface area contributed by atoms with Crippen LogP contribution in [0.25, 0.3) is 17.0 Å². The summed E-state index contributed by atoms with van der Waals surface area (Å²) in [6.45, 7) is 0.0616. The Kier molecular flexibility index (Phi) is 8.57. The quantitative estimate of drug-likeness (QED) is 0.228. The Hall–Kier alpha value is -3.93. The Bertz CT molecular complexity index is 1500. The maximum atomic E-state index is 13.5. The van der Waals surface area contributed by atoms with Crippen molar-refractivity contribution in [2.75, 3.05) is 13.1 Å². The van der Waals surface area contributed by atoms with Gasteiger partial charge in [0.2, 0.25) is 5.91 Å². The Labute approximate surface area is 242 Å². The second kappa shape index (κ2) is 12.3. The van der Waals surface area contributed by atoms with Crippen molar-refractivity contribution in [2.24, 2.45) is 5.92 Å². The first kappa shape index (κ1) is 28.6. The van der Waals surface area contributed by atoms with Gasteiger partial charge in [0, 0.05) is 36.7 Å². The number of benzene rings is 2. The van der Waals surface area contributed by atoms with Gasteiger partial charge in [-0.25, -0.2) is 9.67 Å². The van der Waals surface area contributed by atoms with Gasteiger partial charge in [0.25, 0.3) is 5.91 Å². The maximum absolute atomic E-state index is 13.5. The Balaban J connectivity index is 1.10. The molecule has 0 atom stereocenters. The van der Waals surface area contributed by atoms with E-state index in [4.69, 9.17) is 4.42 Å². The predicted molar refractivity (Wildman–Crippen MR) is 148 cm³/mol. The molecule has 1 saturated carbocycles. The number of halogens is 4. The van der Waals surface area contributed by atoms with Crippen molar-refractivity contribution in [3.05, 3.63) is 88.6 Å². The smallest absolute Gasteiger partial charge is 0.435 e. The summed E-state index contributed by atoms with van der Waals surface area (Å²) in [5.74, 6) is 0.162. The summed E-state index contributed by atoms with van der Waals surface area (Å²) in [5.41, 5.74) is -0.530. The zero-order valence-electron chi connectivity index (χ0n) is 21.8. The lowest BCUT2D eigenvalue weighted by Crippen LogP contribution is -2.38. The minimum Gasteiger partial charge on any atom is -0.439 e. The number of para-hydroxylation sites is 1. The van der Waals surface area contributed by atoms with Crippen molar-refractivity contribution >= 4 is 27.7 Å². The molecule has 1 aliphatic carbocycles. The molecule has 5 rings (SSSR count). The highest BCUT2D eigenvalue weighted by Gasteiger charge is 2.39. The fourth-order valence-corrected chi connectivity index (χ4v) is 5.41. The van der Waals surface area contributed by atoms with Crippen LogP contribution in [0.5, 0.6) is 0 Å². The van der Waals surface area contributed by atoms with Crippen LogP contribution in [-0.2, 0) is 11.0 Å². The molecule has 2 heterocycles. The van der Waals surface area contributed by atoms with E-state index in [2.05, 4.69) is 36.6 Å². The number of alkyl halides is 3. The lowest BCUT2D eigenvalue weighted by atomic mass is 9.81. The summed E-state index contributed by atoms with van der Waals surface area (Å²) in [6.07, 6.45) is -0.971. The molecule has 0 bridgehead atoms. The van der Waals surface area contributed by atoms with E-state index in [1.165, 1.54) is 0 Å². The van der Waals surface area contributed by atoms with Gasteiger partial charge in [-0.2, -0.15) is 18.3 Å². The van der Waals surface area contributed by atoms with Crippen LogP contribution in [0.3, 0.4) is 0 Å². The number of aromatic nitrogens is 3. The zero-order valence-corrected chi connectivity index (χ0v) is 23.4. The SMILES string of the molecule is O=C(NCCNC(=O)C1CCC(c2nc(Br)c(-c3ccccc3)o2)CC1)c1cn(-c2ccccc2)nc1C(F)(F)F. The number of carbonyl (C=O) groups excluding carboxylic acids is 2. The number of hydrogen-bond acceptors (Lipinski definition) is 5.